The van der Waals surface area contributed by atoms with E-state index in [0.717, 1.165) is 16.7 Å². The molecule has 0 aliphatic heterocycles. The van der Waals surface area contributed by atoms with Crippen LogP contribution in [0.4, 0.5) is 28.9 Å². The maximum absolute atomic E-state index is 14.2. The largest absolute Gasteiger partial charge is 0.258 e. The van der Waals surface area contributed by atoms with Gasteiger partial charge in [-0.2, -0.15) is 4.39 Å². The van der Waals surface area contributed by atoms with Gasteiger partial charge < -0.3 is 0 Å². The first kappa shape index (κ1) is 16.5. The monoisotopic (exact) mass is 312 g/mol. The second-order valence-corrected chi connectivity index (χ2v) is 6.02. The molecule has 0 unspecified atom stereocenters. The van der Waals surface area contributed by atoms with Crippen molar-refractivity contribution in [1.82, 2.24) is 4.48 Å². The number of rotatable bonds is 2. The number of aryl methyl sites for hydroxylation is 3. The maximum atomic E-state index is 14.2. The highest BCUT2D eigenvalue weighted by molar-refractivity contribution is 5.66. The van der Waals surface area contributed by atoms with Crippen molar-refractivity contribution in [1.29, 1.82) is 0 Å². The summed E-state index contributed by atoms with van der Waals surface area (Å²) >= 11 is 0. The van der Waals surface area contributed by atoms with Gasteiger partial charge in [-0.3, -0.25) is 4.48 Å². The Kier molecular flexibility index (Phi) is 4.04. The number of quaternary nitrogens is 1. The van der Waals surface area contributed by atoms with Crippen LogP contribution in [0.15, 0.2) is 18.2 Å². The van der Waals surface area contributed by atoms with E-state index in [1.807, 2.05) is 32.9 Å². The van der Waals surface area contributed by atoms with Gasteiger partial charge in [0.25, 0.3) is 0 Å². The average molecular weight is 312 g/mol. The Balaban J connectivity index is 2.80. The van der Waals surface area contributed by atoms with Crippen LogP contribution in [0, 0.1) is 44.0 Å². The van der Waals surface area contributed by atoms with Gasteiger partial charge in [0.05, 0.1) is 14.1 Å². The molecule has 0 fully saturated rings. The molecule has 0 bridgehead atoms. The fraction of sp³-hybridized carbons (Fsp3) is 0.294. The Morgan fingerprint density at radius 1 is 0.682 bits per heavy atom. The van der Waals surface area contributed by atoms with Crippen LogP contribution in [0.5, 0.6) is 0 Å². The van der Waals surface area contributed by atoms with E-state index < -0.39 is 29.0 Å². The third-order valence-electron chi connectivity index (χ3n) is 3.84. The normalized spacial score (nSPS) is 11.9. The zero-order valence-corrected chi connectivity index (χ0v) is 13.2. The summed E-state index contributed by atoms with van der Waals surface area (Å²) in [5, 5.41) is 0. The van der Waals surface area contributed by atoms with E-state index in [1.54, 1.807) is 14.1 Å². The van der Waals surface area contributed by atoms with E-state index in [2.05, 4.69) is 0 Å². The van der Waals surface area contributed by atoms with Crippen LogP contribution in [0.2, 0.25) is 0 Å². The summed E-state index contributed by atoms with van der Waals surface area (Å²) in [5.74, 6) is -5.80. The molecule has 0 heterocycles. The molecule has 0 saturated heterocycles. The molecule has 2 aromatic rings. The molecule has 22 heavy (non-hydrogen) atoms. The molecule has 0 aromatic heterocycles. The van der Waals surface area contributed by atoms with E-state index in [1.165, 1.54) is 0 Å². The van der Waals surface area contributed by atoms with Crippen LogP contribution in [0.3, 0.4) is 0 Å². The lowest BCUT2D eigenvalue weighted by molar-refractivity contribution is 0.405. The first-order valence-corrected chi connectivity index (χ1v) is 6.83. The molecule has 0 N–H and O–H groups in total. The van der Waals surface area contributed by atoms with Crippen molar-refractivity contribution in [2.75, 3.05) is 14.1 Å². The molecule has 0 aliphatic carbocycles. The zero-order valence-electron chi connectivity index (χ0n) is 13.2. The van der Waals surface area contributed by atoms with Crippen LogP contribution in [0.25, 0.3) is 0 Å². The van der Waals surface area contributed by atoms with Crippen molar-refractivity contribution in [2.45, 2.75) is 20.8 Å². The highest BCUT2D eigenvalue weighted by atomic mass is 19.2. The van der Waals surface area contributed by atoms with E-state index in [9.17, 15) is 17.6 Å². The number of benzene rings is 2. The summed E-state index contributed by atoms with van der Waals surface area (Å²) < 4.78 is 54.7. The maximum Gasteiger partial charge on any atom is 0.225 e. The Bertz CT molecular complexity index is 728. The van der Waals surface area contributed by atoms with E-state index >= 15 is 0 Å². The third kappa shape index (κ3) is 2.50. The second kappa shape index (κ2) is 5.39. The Morgan fingerprint density at radius 2 is 1.18 bits per heavy atom. The van der Waals surface area contributed by atoms with E-state index in [0.29, 0.717) is 11.8 Å². The minimum Gasteiger partial charge on any atom is -0.258 e. The average Bonchev–Trinajstić information content (AvgIpc) is 2.33. The van der Waals surface area contributed by atoms with E-state index in [-0.39, 0.29) is 4.48 Å². The molecule has 0 atom stereocenters. The first-order valence-electron chi connectivity index (χ1n) is 6.83. The van der Waals surface area contributed by atoms with Gasteiger partial charge in [0, 0.05) is 17.2 Å². The molecule has 5 heteroatoms. The van der Waals surface area contributed by atoms with Gasteiger partial charge in [-0.25, -0.2) is 13.2 Å². The molecule has 118 valence electrons. The summed E-state index contributed by atoms with van der Waals surface area (Å²) in [7, 11) is 3.09. The molecular formula is C17H18F4N+. The van der Waals surface area contributed by atoms with Crippen LogP contribution in [0.1, 0.15) is 16.7 Å². The lowest BCUT2D eigenvalue weighted by Gasteiger charge is -2.32. The van der Waals surface area contributed by atoms with Gasteiger partial charge in [0.1, 0.15) is 5.69 Å². The number of hydrogen-bond acceptors (Lipinski definition) is 0. The van der Waals surface area contributed by atoms with Gasteiger partial charge in [0.2, 0.25) is 17.3 Å². The van der Waals surface area contributed by atoms with Crippen molar-refractivity contribution >= 4 is 11.4 Å². The minimum atomic E-state index is -1.66. The summed E-state index contributed by atoms with van der Waals surface area (Å²) in [6, 6.07) is 4.16. The predicted octanol–water partition coefficient (Wildman–Crippen LogP) is 5.07. The van der Waals surface area contributed by atoms with Gasteiger partial charge >= 0.3 is 0 Å². The van der Waals surface area contributed by atoms with Crippen molar-refractivity contribution in [2.24, 2.45) is 0 Å². The molecule has 0 spiro atoms. The topological polar surface area (TPSA) is 0 Å². The van der Waals surface area contributed by atoms with Crippen LogP contribution >= 0.6 is 0 Å². The molecular weight excluding hydrogens is 294 g/mol. The van der Waals surface area contributed by atoms with E-state index in [4.69, 9.17) is 0 Å². The minimum absolute atomic E-state index is 0.354. The summed E-state index contributed by atoms with van der Waals surface area (Å²) in [6.45, 7) is 5.57. The number of hydrogen-bond donors (Lipinski definition) is 0. The summed E-state index contributed by atoms with van der Waals surface area (Å²) in [6.07, 6.45) is 0. The highest BCUT2D eigenvalue weighted by Gasteiger charge is 2.36. The predicted molar refractivity (Wildman–Crippen MR) is 80.2 cm³/mol. The lowest BCUT2D eigenvalue weighted by Crippen LogP contribution is -2.38. The molecule has 0 saturated carbocycles. The van der Waals surface area contributed by atoms with Crippen LogP contribution < -0.4 is 4.48 Å². The molecule has 0 amide bonds. The van der Waals surface area contributed by atoms with Crippen LogP contribution in [-0.4, -0.2) is 14.1 Å². The van der Waals surface area contributed by atoms with Crippen molar-refractivity contribution in [3.05, 3.63) is 58.2 Å². The van der Waals surface area contributed by atoms with Gasteiger partial charge in [-0.05, 0) is 20.8 Å². The Labute approximate surface area is 127 Å². The highest BCUT2D eigenvalue weighted by Crippen LogP contribution is 2.40. The van der Waals surface area contributed by atoms with Gasteiger partial charge in [-0.15, -0.1) is 0 Å². The Hall–Kier alpha value is -1.88. The second-order valence-electron chi connectivity index (χ2n) is 6.02. The fourth-order valence-corrected chi connectivity index (χ4v) is 3.24. The Morgan fingerprint density at radius 3 is 1.68 bits per heavy atom. The van der Waals surface area contributed by atoms with Crippen molar-refractivity contribution in [3.63, 3.8) is 0 Å². The standard InChI is InChI=1S/C17H18F4N/c1-9-6-10(2)16(11(3)7-9)22(4,5)17-13(19)8-12(18)14(20)15(17)21/h6-8H,1-5H3/q+1. The third-order valence-corrected chi connectivity index (χ3v) is 3.84. The van der Waals surface area contributed by atoms with Crippen molar-refractivity contribution < 1.29 is 17.6 Å². The zero-order chi connectivity index (χ0) is 16.8. The van der Waals surface area contributed by atoms with Crippen LogP contribution in [-0.2, 0) is 0 Å². The molecule has 0 radical (unpaired) electrons. The number of nitrogens with zero attached hydrogens (tertiary/aromatic N) is 1. The van der Waals surface area contributed by atoms with Gasteiger partial charge in [-0.1, -0.05) is 17.7 Å². The van der Waals surface area contributed by atoms with Crippen molar-refractivity contribution in [3.8, 4) is 0 Å². The number of halogens is 4. The van der Waals surface area contributed by atoms with Gasteiger partial charge in [0.15, 0.2) is 11.6 Å². The smallest absolute Gasteiger partial charge is 0.225 e. The molecule has 1 nitrogen and oxygen atoms in total. The summed E-state index contributed by atoms with van der Waals surface area (Å²) in [5.41, 5.74) is 2.80. The molecule has 2 rings (SSSR count). The molecule has 2 aromatic carbocycles. The lowest BCUT2D eigenvalue weighted by atomic mass is 10.0. The fourth-order valence-electron chi connectivity index (χ4n) is 3.24. The summed E-state index contributed by atoms with van der Waals surface area (Å²) in [4.78, 5) is 0. The molecule has 0 aliphatic rings. The first-order chi connectivity index (χ1) is 10.1. The SMILES string of the molecule is Cc1cc(C)c([N+](C)(C)c2c(F)cc(F)c(F)c2F)c(C)c1. The quantitative estimate of drug-likeness (QED) is 0.314.